The molecule has 0 heterocycles. The summed E-state index contributed by atoms with van der Waals surface area (Å²) in [6.07, 6.45) is 5.72. The average molecular weight is 670 g/mol. The molecule has 0 aliphatic rings. The number of rotatable bonds is 23. The number of hydrogen-bond acceptors (Lipinski definition) is 8. The van der Waals surface area contributed by atoms with Gasteiger partial charge in [0, 0.05) is 27.0 Å². The van der Waals surface area contributed by atoms with E-state index in [0.29, 0.717) is 44.3 Å². The monoisotopic (exact) mass is 669 g/mol. The normalized spacial score (nSPS) is 14.0. The molecule has 2 aromatic rings. The van der Waals surface area contributed by atoms with Gasteiger partial charge in [0.1, 0.15) is 36.9 Å². The molecular formula is C39H59NO8. The summed E-state index contributed by atoms with van der Waals surface area (Å²) in [5.74, 6) is 0.598. The minimum atomic E-state index is -0.907. The third-order valence-corrected chi connectivity index (χ3v) is 7.77. The second-order valence-electron chi connectivity index (χ2n) is 13.3. The largest absolute Gasteiger partial charge is 0.491 e. The number of esters is 1. The van der Waals surface area contributed by atoms with Gasteiger partial charge in [-0.3, -0.25) is 4.90 Å². The Morgan fingerprint density at radius 3 is 2.27 bits per heavy atom. The van der Waals surface area contributed by atoms with Crippen LogP contribution in [0.1, 0.15) is 84.3 Å². The molecule has 2 rings (SSSR count). The van der Waals surface area contributed by atoms with Gasteiger partial charge in [-0.15, -0.1) is 6.58 Å². The number of methoxy groups -OCH3 is 1. The highest BCUT2D eigenvalue weighted by molar-refractivity contribution is 5.82. The minimum Gasteiger partial charge on any atom is -0.491 e. The van der Waals surface area contributed by atoms with Crippen molar-refractivity contribution in [2.45, 2.75) is 110 Å². The summed E-state index contributed by atoms with van der Waals surface area (Å²) in [6.45, 7) is 15.1. The molecule has 9 nitrogen and oxygen atoms in total. The highest BCUT2D eigenvalue weighted by Crippen LogP contribution is 2.23. The Hall–Kier alpha value is -3.40. The van der Waals surface area contributed by atoms with Crippen molar-refractivity contribution in [3.8, 4) is 5.75 Å². The molecule has 0 radical (unpaired) electrons. The van der Waals surface area contributed by atoms with Crippen molar-refractivity contribution in [1.29, 1.82) is 0 Å². The molecule has 0 aliphatic carbocycles. The van der Waals surface area contributed by atoms with Crippen LogP contribution in [0.25, 0.3) is 0 Å². The Morgan fingerprint density at radius 1 is 0.938 bits per heavy atom. The van der Waals surface area contributed by atoms with Gasteiger partial charge in [-0.2, -0.15) is 0 Å². The van der Waals surface area contributed by atoms with Crippen LogP contribution in [-0.2, 0) is 41.5 Å². The first-order valence-corrected chi connectivity index (χ1v) is 17.2. The van der Waals surface area contributed by atoms with Gasteiger partial charge in [0.05, 0.1) is 19.3 Å². The smallest absolute Gasteiger partial charge is 0.410 e. The lowest BCUT2D eigenvalue weighted by Gasteiger charge is -2.31. The zero-order valence-electron chi connectivity index (χ0n) is 30.3. The van der Waals surface area contributed by atoms with Gasteiger partial charge in [0.2, 0.25) is 0 Å². The van der Waals surface area contributed by atoms with Crippen molar-refractivity contribution in [3.05, 3.63) is 78.4 Å². The van der Waals surface area contributed by atoms with E-state index in [1.165, 1.54) is 4.90 Å². The molecule has 9 heteroatoms. The van der Waals surface area contributed by atoms with Gasteiger partial charge in [-0.05, 0) is 75.6 Å². The summed E-state index contributed by atoms with van der Waals surface area (Å²) < 4.78 is 34.5. The number of likely N-dealkylation sites (N-methyl/N-ethyl adjacent to an activating group) is 1. The van der Waals surface area contributed by atoms with E-state index < -0.39 is 29.8 Å². The number of benzene rings is 2. The number of carbonyl (C=O) groups excluding carboxylic acids is 2. The fourth-order valence-electron chi connectivity index (χ4n) is 5.16. The molecule has 0 spiro atoms. The van der Waals surface area contributed by atoms with E-state index in [1.807, 2.05) is 60.7 Å². The first-order chi connectivity index (χ1) is 22.9. The first-order valence-electron chi connectivity index (χ1n) is 17.2. The van der Waals surface area contributed by atoms with Gasteiger partial charge >= 0.3 is 12.1 Å². The molecule has 0 aliphatic heterocycles. The lowest BCUT2D eigenvalue weighted by Crippen LogP contribution is -2.47. The molecule has 0 bridgehead atoms. The zero-order valence-corrected chi connectivity index (χ0v) is 30.3. The predicted molar refractivity (Wildman–Crippen MR) is 189 cm³/mol. The van der Waals surface area contributed by atoms with E-state index in [1.54, 1.807) is 34.9 Å². The van der Waals surface area contributed by atoms with Crippen LogP contribution >= 0.6 is 0 Å². The molecule has 48 heavy (non-hydrogen) atoms. The first kappa shape index (κ1) is 40.8. The van der Waals surface area contributed by atoms with Crippen LogP contribution in [0.15, 0.2) is 67.3 Å². The zero-order chi connectivity index (χ0) is 35.4. The standard InChI is InChI=1S/C39H59NO8/c1-9-14-30(3)18-21-35(27-34(15-10-2)46-29-43-8)47-37(41)36(40(7)38(42)48-39(4,5)6)26-31-19-22-33(23-20-31)45-25-24-44-28-32-16-12-11-13-17-32/h9,11-13,16-17,19-20,22-23,30,34-36H,1,10,14-15,18,21,24-29H2,2-8H3/t30-,34-,35-,36-/m0/s1. The molecule has 0 unspecified atom stereocenters. The van der Waals surface area contributed by atoms with E-state index in [4.69, 9.17) is 28.4 Å². The maximum Gasteiger partial charge on any atom is 0.410 e. The number of carbonyl (C=O) groups is 2. The fourth-order valence-corrected chi connectivity index (χ4v) is 5.16. The Labute approximate surface area is 288 Å². The second-order valence-corrected chi connectivity index (χ2v) is 13.3. The molecule has 0 fully saturated rings. The van der Waals surface area contributed by atoms with Crippen molar-refractivity contribution < 1.29 is 38.0 Å². The quantitative estimate of drug-likeness (QED) is 0.0507. The number of allylic oxidation sites excluding steroid dienone is 1. The summed E-state index contributed by atoms with van der Waals surface area (Å²) in [5, 5.41) is 0. The second kappa shape index (κ2) is 22.3. The molecule has 0 aromatic heterocycles. The molecule has 0 saturated carbocycles. The van der Waals surface area contributed by atoms with Crippen LogP contribution in [0, 0.1) is 5.92 Å². The molecule has 1 amide bonds. The van der Waals surface area contributed by atoms with Gasteiger partial charge < -0.3 is 28.4 Å². The van der Waals surface area contributed by atoms with Gasteiger partial charge in [-0.1, -0.05) is 68.8 Å². The minimum absolute atomic E-state index is 0.124. The van der Waals surface area contributed by atoms with Crippen molar-refractivity contribution >= 4 is 12.1 Å². The van der Waals surface area contributed by atoms with E-state index in [0.717, 1.165) is 36.8 Å². The Morgan fingerprint density at radius 2 is 1.65 bits per heavy atom. The third-order valence-electron chi connectivity index (χ3n) is 7.77. The van der Waals surface area contributed by atoms with Crippen molar-refractivity contribution in [2.75, 3.05) is 34.2 Å². The summed E-state index contributed by atoms with van der Waals surface area (Å²) >= 11 is 0. The maximum atomic E-state index is 14.0. The van der Waals surface area contributed by atoms with Crippen LogP contribution in [0.4, 0.5) is 4.79 Å². The van der Waals surface area contributed by atoms with E-state index >= 15 is 0 Å². The predicted octanol–water partition coefficient (Wildman–Crippen LogP) is 8.14. The summed E-state index contributed by atoms with van der Waals surface area (Å²) in [6, 6.07) is 16.6. The highest BCUT2D eigenvalue weighted by Gasteiger charge is 2.34. The third kappa shape index (κ3) is 16.6. The fraction of sp³-hybridized carbons (Fsp3) is 0.590. The molecular weight excluding hydrogens is 610 g/mol. The van der Waals surface area contributed by atoms with Crippen LogP contribution in [0.3, 0.4) is 0 Å². The van der Waals surface area contributed by atoms with E-state index in [-0.39, 0.29) is 19.3 Å². The molecule has 0 N–H and O–H groups in total. The highest BCUT2D eigenvalue weighted by atomic mass is 16.7. The summed E-state index contributed by atoms with van der Waals surface area (Å²) in [5.41, 5.74) is 1.24. The van der Waals surface area contributed by atoms with Crippen LogP contribution in [0.5, 0.6) is 5.75 Å². The average Bonchev–Trinajstić information content (AvgIpc) is 3.05. The lowest BCUT2D eigenvalue weighted by molar-refractivity contribution is -0.159. The summed E-state index contributed by atoms with van der Waals surface area (Å²) in [7, 11) is 3.17. The van der Waals surface area contributed by atoms with Crippen molar-refractivity contribution in [2.24, 2.45) is 5.92 Å². The van der Waals surface area contributed by atoms with Crippen LogP contribution in [-0.4, -0.2) is 75.0 Å². The Bertz CT molecular complexity index is 1180. The van der Waals surface area contributed by atoms with E-state index in [2.05, 4.69) is 20.4 Å². The molecule has 4 atom stereocenters. The molecule has 268 valence electrons. The van der Waals surface area contributed by atoms with Gasteiger partial charge in [0.25, 0.3) is 0 Å². The van der Waals surface area contributed by atoms with Gasteiger partial charge in [-0.25, -0.2) is 9.59 Å². The topological polar surface area (TPSA) is 92.8 Å². The number of nitrogens with zero attached hydrogens (tertiary/aromatic N) is 1. The lowest BCUT2D eigenvalue weighted by atomic mass is 9.96. The van der Waals surface area contributed by atoms with Crippen molar-refractivity contribution in [3.63, 3.8) is 0 Å². The Kier molecular flexibility index (Phi) is 18.9. The van der Waals surface area contributed by atoms with Crippen molar-refractivity contribution in [1.82, 2.24) is 4.90 Å². The van der Waals surface area contributed by atoms with Crippen LogP contribution in [0.2, 0.25) is 0 Å². The van der Waals surface area contributed by atoms with Gasteiger partial charge in [0.15, 0.2) is 0 Å². The molecule has 0 saturated heterocycles. The number of ether oxygens (including phenoxy) is 6. The van der Waals surface area contributed by atoms with Crippen LogP contribution < -0.4 is 4.74 Å². The molecule has 2 aromatic carbocycles. The number of hydrogen-bond donors (Lipinski definition) is 0. The van der Waals surface area contributed by atoms with E-state index in [9.17, 15) is 9.59 Å². The SMILES string of the molecule is C=CC[C@H](C)CC[C@@H](C[C@H](CCC)OCOC)OC(=O)[C@H](Cc1ccc(OCCOCc2ccccc2)cc1)N(C)C(=O)OC(C)(C)C. The summed E-state index contributed by atoms with van der Waals surface area (Å²) in [4.78, 5) is 28.5. The number of amides is 1. The Balaban J connectivity index is 2.16. The maximum absolute atomic E-state index is 14.0.